The third kappa shape index (κ3) is 1.71. The summed E-state index contributed by atoms with van der Waals surface area (Å²) in [4.78, 5) is 0. The van der Waals surface area contributed by atoms with E-state index < -0.39 is 0 Å². The summed E-state index contributed by atoms with van der Waals surface area (Å²) in [5.74, 6) is 1.23. The summed E-state index contributed by atoms with van der Waals surface area (Å²) in [6.07, 6.45) is 2.31. The standard InChI is InChI=1S/C9H19N3/c1-4-8(5-2)12-6-7(3)9(10)11-12/h7-8H,4-6H2,1-3H3,(H2,10,11). The van der Waals surface area contributed by atoms with Gasteiger partial charge in [-0.15, -0.1) is 0 Å². The Morgan fingerprint density at radius 3 is 2.50 bits per heavy atom. The van der Waals surface area contributed by atoms with E-state index in [1.165, 1.54) is 0 Å². The average molecular weight is 169 g/mol. The van der Waals surface area contributed by atoms with Crippen molar-refractivity contribution in [3.63, 3.8) is 0 Å². The normalized spacial score (nSPS) is 23.5. The zero-order chi connectivity index (χ0) is 9.14. The molecule has 0 aliphatic carbocycles. The Hall–Kier alpha value is -0.730. The van der Waals surface area contributed by atoms with Crippen LogP contribution in [0.4, 0.5) is 0 Å². The molecule has 0 fully saturated rings. The second-order valence-electron chi connectivity index (χ2n) is 3.52. The van der Waals surface area contributed by atoms with Gasteiger partial charge in [0.05, 0.1) is 0 Å². The van der Waals surface area contributed by atoms with Crippen LogP contribution in [-0.2, 0) is 0 Å². The van der Waals surface area contributed by atoms with Crippen molar-refractivity contribution in [1.82, 2.24) is 5.01 Å². The maximum Gasteiger partial charge on any atom is 0.124 e. The summed E-state index contributed by atoms with van der Waals surface area (Å²) >= 11 is 0. The van der Waals surface area contributed by atoms with E-state index in [2.05, 4.69) is 30.9 Å². The first-order valence-electron chi connectivity index (χ1n) is 4.79. The second kappa shape index (κ2) is 3.78. The van der Waals surface area contributed by atoms with Crippen molar-refractivity contribution < 1.29 is 0 Å². The SMILES string of the molecule is CCC(CC)N1CC(C)C(N)=N1. The first-order valence-corrected chi connectivity index (χ1v) is 4.79. The molecule has 0 radical (unpaired) electrons. The number of rotatable bonds is 3. The summed E-state index contributed by atoms with van der Waals surface area (Å²) < 4.78 is 0. The van der Waals surface area contributed by atoms with Crippen LogP contribution in [0.1, 0.15) is 33.6 Å². The van der Waals surface area contributed by atoms with Gasteiger partial charge < -0.3 is 5.73 Å². The Kier molecular flexibility index (Phi) is 2.95. The number of nitrogens with zero attached hydrogens (tertiary/aromatic N) is 2. The highest BCUT2D eigenvalue weighted by atomic mass is 15.5. The topological polar surface area (TPSA) is 41.6 Å². The van der Waals surface area contributed by atoms with E-state index in [0.29, 0.717) is 12.0 Å². The minimum absolute atomic E-state index is 0.436. The number of hydrazone groups is 1. The first-order chi connectivity index (χ1) is 5.69. The molecule has 0 saturated heterocycles. The maximum absolute atomic E-state index is 5.72. The van der Waals surface area contributed by atoms with Gasteiger partial charge >= 0.3 is 0 Å². The minimum atomic E-state index is 0.436. The van der Waals surface area contributed by atoms with Crippen molar-refractivity contribution in [3.05, 3.63) is 0 Å². The van der Waals surface area contributed by atoms with Gasteiger partial charge in [-0.3, -0.25) is 5.01 Å². The molecular formula is C9H19N3. The average Bonchev–Trinajstić information content (AvgIpc) is 2.35. The maximum atomic E-state index is 5.72. The van der Waals surface area contributed by atoms with Gasteiger partial charge in [0.25, 0.3) is 0 Å². The Morgan fingerprint density at radius 2 is 2.17 bits per heavy atom. The molecule has 1 atom stereocenters. The summed E-state index contributed by atoms with van der Waals surface area (Å²) in [7, 11) is 0. The predicted molar refractivity (Wildman–Crippen MR) is 51.9 cm³/mol. The fourth-order valence-corrected chi connectivity index (χ4v) is 1.60. The first kappa shape index (κ1) is 9.36. The van der Waals surface area contributed by atoms with Crippen LogP contribution in [0.25, 0.3) is 0 Å². The van der Waals surface area contributed by atoms with Crippen LogP contribution in [0.15, 0.2) is 5.10 Å². The number of hydrogen-bond donors (Lipinski definition) is 1. The predicted octanol–water partition coefficient (Wildman–Crippen LogP) is 1.40. The van der Waals surface area contributed by atoms with E-state index in [9.17, 15) is 0 Å². The summed E-state index contributed by atoms with van der Waals surface area (Å²) in [6, 6.07) is 0.577. The second-order valence-corrected chi connectivity index (χ2v) is 3.52. The lowest BCUT2D eigenvalue weighted by Gasteiger charge is -2.23. The Balaban J connectivity index is 2.55. The van der Waals surface area contributed by atoms with Gasteiger partial charge in [0, 0.05) is 18.5 Å². The van der Waals surface area contributed by atoms with Gasteiger partial charge in [0.2, 0.25) is 0 Å². The molecule has 3 nitrogen and oxygen atoms in total. The van der Waals surface area contributed by atoms with E-state index in [4.69, 9.17) is 5.73 Å². The molecule has 0 bridgehead atoms. The molecule has 0 amide bonds. The van der Waals surface area contributed by atoms with Crippen LogP contribution in [0, 0.1) is 5.92 Å². The molecule has 1 unspecified atom stereocenters. The molecule has 0 saturated carbocycles. The van der Waals surface area contributed by atoms with Crippen LogP contribution in [0.2, 0.25) is 0 Å². The van der Waals surface area contributed by atoms with E-state index >= 15 is 0 Å². The Morgan fingerprint density at radius 1 is 1.58 bits per heavy atom. The summed E-state index contributed by atoms with van der Waals surface area (Å²) in [6.45, 7) is 7.52. The van der Waals surface area contributed by atoms with Crippen molar-refractivity contribution in [2.24, 2.45) is 16.8 Å². The van der Waals surface area contributed by atoms with Gasteiger partial charge in [-0.05, 0) is 12.8 Å². The van der Waals surface area contributed by atoms with Crippen molar-refractivity contribution in [3.8, 4) is 0 Å². The zero-order valence-electron chi connectivity index (χ0n) is 8.25. The number of nitrogens with two attached hydrogens (primary N) is 1. The van der Waals surface area contributed by atoms with E-state index in [-0.39, 0.29) is 0 Å². The van der Waals surface area contributed by atoms with Gasteiger partial charge in [-0.2, -0.15) is 5.10 Å². The molecule has 1 aliphatic rings. The minimum Gasteiger partial charge on any atom is -0.385 e. The summed E-state index contributed by atoms with van der Waals surface area (Å²) in [5, 5.41) is 6.48. The van der Waals surface area contributed by atoms with Crippen LogP contribution >= 0.6 is 0 Å². The van der Waals surface area contributed by atoms with Crippen molar-refractivity contribution in [2.45, 2.75) is 39.7 Å². The van der Waals surface area contributed by atoms with Crippen molar-refractivity contribution in [2.75, 3.05) is 6.54 Å². The van der Waals surface area contributed by atoms with E-state index in [1.807, 2.05) is 0 Å². The quantitative estimate of drug-likeness (QED) is 0.694. The third-order valence-corrected chi connectivity index (χ3v) is 2.57. The van der Waals surface area contributed by atoms with Gasteiger partial charge in [-0.25, -0.2) is 0 Å². The smallest absolute Gasteiger partial charge is 0.124 e. The monoisotopic (exact) mass is 169 g/mol. The van der Waals surface area contributed by atoms with Crippen molar-refractivity contribution >= 4 is 5.84 Å². The largest absolute Gasteiger partial charge is 0.385 e. The number of hydrogen-bond acceptors (Lipinski definition) is 3. The lowest BCUT2D eigenvalue weighted by molar-refractivity contribution is 0.203. The molecule has 70 valence electrons. The van der Waals surface area contributed by atoms with Crippen LogP contribution < -0.4 is 5.73 Å². The van der Waals surface area contributed by atoms with Crippen LogP contribution in [0.5, 0.6) is 0 Å². The molecule has 0 aromatic rings. The molecule has 1 aliphatic heterocycles. The molecule has 1 heterocycles. The highest BCUT2D eigenvalue weighted by molar-refractivity contribution is 5.83. The summed E-state index contributed by atoms with van der Waals surface area (Å²) in [5.41, 5.74) is 5.72. The van der Waals surface area contributed by atoms with E-state index in [0.717, 1.165) is 25.2 Å². The lowest BCUT2D eigenvalue weighted by Crippen LogP contribution is -2.29. The van der Waals surface area contributed by atoms with Crippen LogP contribution in [0.3, 0.4) is 0 Å². The molecule has 2 N–H and O–H groups in total. The molecule has 0 spiro atoms. The molecule has 0 aromatic heterocycles. The highest BCUT2D eigenvalue weighted by Crippen LogP contribution is 2.17. The third-order valence-electron chi connectivity index (χ3n) is 2.57. The van der Waals surface area contributed by atoms with Crippen molar-refractivity contribution in [1.29, 1.82) is 0 Å². The van der Waals surface area contributed by atoms with Gasteiger partial charge in [0.15, 0.2) is 0 Å². The Labute approximate surface area is 74.6 Å². The zero-order valence-corrected chi connectivity index (χ0v) is 8.25. The lowest BCUT2D eigenvalue weighted by atomic mass is 10.1. The molecular weight excluding hydrogens is 150 g/mol. The molecule has 0 aromatic carbocycles. The highest BCUT2D eigenvalue weighted by Gasteiger charge is 2.24. The van der Waals surface area contributed by atoms with Gasteiger partial charge in [-0.1, -0.05) is 20.8 Å². The molecule has 1 rings (SSSR count). The van der Waals surface area contributed by atoms with E-state index in [1.54, 1.807) is 0 Å². The fourth-order valence-electron chi connectivity index (χ4n) is 1.60. The fraction of sp³-hybridized carbons (Fsp3) is 0.889. The Bertz CT molecular complexity index is 173. The number of amidine groups is 1. The molecule has 12 heavy (non-hydrogen) atoms. The van der Waals surface area contributed by atoms with Gasteiger partial charge in [0.1, 0.15) is 5.84 Å². The van der Waals surface area contributed by atoms with Crippen LogP contribution in [-0.4, -0.2) is 23.4 Å². The molecule has 3 heteroatoms.